The molecule has 40 heavy (non-hydrogen) atoms. The van der Waals surface area contributed by atoms with E-state index < -0.39 is 23.2 Å². The topological polar surface area (TPSA) is 53.4 Å². The fourth-order valence-corrected chi connectivity index (χ4v) is 5.81. The SMILES string of the molecule is CC(C)(C)OC(=O)C1C2Cc3cc(OCc4cc5c(ccn5Cc5ccccc5C(F)(F)F)cc4F)ncc3C21. The van der Waals surface area contributed by atoms with E-state index in [2.05, 4.69) is 4.98 Å². The van der Waals surface area contributed by atoms with Crippen LogP contribution in [0.25, 0.3) is 10.9 Å². The molecular weight excluding hydrogens is 524 g/mol. The van der Waals surface area contributed by atoms with E-state index in [-0.39, 0.29) is 48.0 Å². The van der Waals surface area contributed by atoms with E-state index in [0.717, 1.165) is 23.6 Å². The van der Waals surface area contributed by atoms with Crippen LogP contribution in [0.15, 0.2) is 60.9 Å². The molecule has 0 saturated heterocycles. The third-order valence-electron chi connectivity index (χ3n) is 7.64. The van der Waals surface area contributed by atoms with E-state index in [0.29, 0.717) is 16.8 Å². The number of carbonyl (C=O) groups is 1. The van der Waals surface area contributed by atoms with Gasteiger partial charge in [0.05, 0.1) is 11.5 Å². The zero-order chi connectivity index (χ0) is 28.4. The molecule has 3 atom stereocenters. The number of rotatable bonds is 6. The van der Waals surface area contributed by atoms with Crippen LogP contribution in [0.5, 0.6) is 5.88 Å². The summed E-state index contributed by atoms with van der Waals surface area (Å²) in [6, 6.07) is 11.9. The number of nitrogens with zero attached hydrogens (tertiary/aromatic N) is 2. The van der Waals surface area contributed by atoms with Gasteiger partial charge < -0.3 is 14.0 Å². The quantitative estimate of drug-likeness (QED) is 0.190. The summed E-state index contributed by atoms with van der Waals surface area (Å²) in [6.07, 6.45) is -0.358. The molecular formula is C31H28F4N2O3. The Bertz CT molecular complexity index is 1620. The maximum Gasteiger partial charge on any atom is 0.416 e. The number of hydrogen-bond donors (Lipinski definition) is 0. The standard InChI is InChI=1S/C31H28F4N2O3/c1-30(2,3)40-29(38)28-21-10-19-13-26(36-14-22(19)27(21)28)39-16-20-12-25-17(11-24(20)32)8-9-37(25)15-18-6-4-5-7-23(18)31(33,34)35/h4-9,11-14,21,27-28H,10,15-16H2,1-3H3. The van der Waals surface area contributed by atoms with Gasteiger partial charge in [0.15, 0.2) is 0 Å². The molecule has 0 aliphatic heterocycles. The predicted octanol–water partition coefficient (Wildman–Crippen LogP) is 7.05. The van der Waals surface area contributed by atoms with Crippen LogP contribution in [-0.4, -0.2) is 21.1 Å². The molecule has 2 heterocycles. The van der Waals surface area contributed by atoms with Crippen molar-refractivity contribution in [1.29, 1.82) is 0 Å². The maximum atomic E-state index is 14.9. The fraction of sp³-hybridized carbons (Fsp3) is 0.355. The Kier molecular flexibility index (Phi) is 6.16. The smallest absolute Gasteiger partial charge is 0.416 e. The second kappa shape index (κ2) is 9.35. The van der Waals surface area contributed by atoms with Gasteiger partial charge in [-0.05, 0) is 74.1 Å². The lowest BCUT2D eigenvalue weighted by Gasteiger charge is -2.20. The first-order chi connectivity index (χ1) is 18.9. The van der Waals surface area contributed by atoms with Gasteiger partial charge in [-0.25, -0.2) is 9.37 Å². The molecule has 0 bridgehead atoms. The van der Waals surface area contributed by atoms with Gasteiger partial charge >= 0.3 is 12.1 Å². The summed E-state index contributed by atoms with van der Waals surface area (Å²) in [5.74, 6) is -0.114. The molecule has 3 unspecified atom stereocenters. The average Bonchev–Trinajstić information content (AvgIpc) is 3.26. The van der Waals surface area contributed by atoms with Crippen LogP contribution in [0.1, 0.15) is 54.5 Å². The van der Waals surface area contributed by atoms with Crippen molar-refractivity contribution >= 4 is 16.9 Å². The highest BCUT2D eigenvalue weighted by Crippen LogP contribution is 2.62. The number of hydrogen-bond acceptors (Lipinski definition) is 4. The number of halogens is 4. The van der Waals surface area contributed by atoms with Crippen LogP contribution >= 0.6 is 0 Å². The van der Waals surface area contributed by atoms with Gasteiger partial charge in [0.25, 0.3) is 0 Å². The van der Waals surface area contributed by atoms with Gasteiger partial charge in [-0.15, -0.1) is 0 Å². The number of aromatic nitrogens is 2. The zero-order valence-corrected chi connectivity index (χ0v) is 22.3. The number of carbonyl (C=O) groups excluding carboxylic acids is 1. The first kappa shape index (κ1) is 26.3. The lowest BCUT2D eigenvalue weighted by atomic mass is 10.0. The van der Waals surface area contributed by atoms with E-state index in [1.165, 1.54) is 18.2 Å². The van der Waals surface area contributed by atoms with Crippen LogP contribution < -0.4 is 4.74 Å². The van der Waals surface area contributed by atoms with Gasteiger partial charge in [0, 0.05) is 47.4 Å². The van der Waals surface area contributed by atoms with Crippen molar-refractivity contribution in [3.63, 3.8) is 0 Å². The van der Waals surface area contributed by atoms with Crippen molar-refractivity contribution in [3.05, 3.63) is 94.6 Å². The molecule has 2 aromatic heterocycles. The minimum Gasteiger partial charge on any atom is -0.473 e. The van der Waals surface area contributed by atoms with E-state index in [1.54, 1.807) is 35.2 Å². The Hall–Kier alpha value is -3.88. The second-order valence-electron chi connectivity index (χ2n) is 11.6. The average molecular weight is 553 g/mol. The van der Waals surface area contributed by atoms with Gasteiger partial charge in [-0.2, -0.15) is 13.2 Å². The Balaban J connectivity index is 1.17. The highest BCUT2D eigenvalue weighted by Gasteiger charge is 2.60. The normalized spacial score (nSPS) is 19.8. The predicted molar refractivity (Wildman–Crippen MR) is 140 cm³/mol. The van der Waals surface area contributed by atoms with Crippen molar-refractivity contribution in [3.8, 4) is 5.88 Å². The third-order valence-corrected chi connectivity index (χ3v) is 7.64. The summed E-state index contributed by atoms with van der Waals surface area (Å²) in [5.41, 5.74) is 1.87. The number of fused-ring (bicyclic) bond motifs is 4. The molecule has 5 nitrogen and oxygen atoms in total. The molecule has 2 aliphatic carbocycles. The molecule has 1 fully saturated rings. The molecule has 4 aromatic rings. The Morgan fingerprint density at radius 2 is 1.85 bits per heavy atom. The van der Waals surface area contributed by atoms with E-state index >= 15 is 0 Å². The van der Waals surface area contributed by atoms with Crippen LogP contribution in [-0.2, 0) is 35.3 Å². The molecule has 2 aromatic carbocycles. The Morgan fingerprint density at radius 3 is 2.60 bits per heavy atom. The second-order valence-corrected chi connectivity index (χ2v) is 11.6. The van der Waals surface area contributed by atoms with Crippen LogP contribution in [0.4, 0.5) is 17.6 Å². The van der Waals surface area contributed by atoms with Gasteiger partial charge in [0.1, 0.15) is 18.0 Å². The number of esters is 1. The Morgan fingerprint density at radius 1 is 1.07 bits per heavy atom. The molecule has 1 saturated carbocycles. The van der Waals surface area contributed by atoms with Gasteiger partial charge in [-0.3, -0.25) is 4.79 Å². The summed E-state index contributed by atoms with van der Waals surface area (Å²) in [5, 5.41) is 0.583. The fourth-order valence-electron chi connectivity index (χ4n) is 5.81. The lowest BCUT2D eigenvalue weighted by molar-refractivity contribution is -0.157. The Labute approximate surface area is 228 Å². The van der Waals surface area contributed by atoms with Crippen LogP contribution in [0.3, 0.4) is 0 Å². The molecule has 0 N–H and O–H groups in total. The highest BCUT2D eigenvalue weighted by molar-refractivity contribution is 5.81. The molecule has 6 rings (SSSR count). The summed E-state index contributed by atoms with van der Waals surface area (Å²) in [7, 11) is 0. The summed E-state index contributed by atoms with van der Waals surface area (Å²) >= 11 is 0. The van der Waals surface area contributed by atoms with Crippen molar-refractivity contribution in [2.75, 3.05) is 0 Å². The third kappa shape index (κ3) is 4.93. The summed E-state index contributed by atoms with van der Waals surface area (Å²) < 4.78 is 68.4. The molecule has 0 amide bonds. The molecule has 2 aliphatic rings. The zero-order valence-electron chi connectivity index (χ0n) is 22.3. The summed E-state index contributed by atoms with van der Waals surface area (Å²) in [6.45, 7) is 5.46. The number of alkyl halides is 3. The maximum absolute atomic E-state index is 14.9. The molecule has 0 radical (unpaired) electrons. The molecule has 0 spiro atoms. The van der Waals surface area contributed by atoms with Crippen LogP contribution in [0.2, 0.25) is 0 Å². The minimum atomic E-state index is -4.47. The first-order valence-corrected chi connectivity index (χ1v) is 13.2. The van der Waals surface area contributed by atoms with Crippen molar-refractivity contribution in [1.82, 2.24) is 9.55 Å². The number of ether oxygens (including phenoxy) is 2. The largest absolute Gasteiger partial charge is 0.473 e. The van der Waals surface area contributed by atoms with E-state index in [1.807, 2.05) is 26.8 Å². The van der Waals surface area contributed by atoms with E-state index in [9.17, 15) is 22.4 Å². The van der Waals surface area contributed by atoms with Gasteiger partial charge in [0.2, 0.25) is 5.88 Å². The van der Waals surface area contributed by atoms with Crippen molar-refractivity contribution in [2.24, 2.45) is 11.8 Å². The highest BCUT2D eigenvalue weighted by atomic mass is 19.4. The lowest BCUT2D eigenvalue weighted by Crippen LogP contribution is -2.26. The monoisotopic (exact) mass is 552 g/mol. The number of benzene rings is 2. The molecule has 208 valence electrons. The molecule has 9 heteroatoms. The summed E-state index contributed by atoms with van der Waals surface area (Å²) in [4.78, 5) is 16.9. The van der Waals surface area contributed by atoms with Gasteiger partial charge in [-0.1, -0.05) is 18.2 Å². The minimum absolute atomic E-state index is 0.00981. The number of pyridine rings is 1. The van der Waals surface area contributed by atoms with E-state index in [4.69, 9.17) is 9.47 Å². The van der Waals surface area contributed by atoms with Crippen LogP contribution in [0, 0.1) is 17.7 Å². The first-order valence-electron chi connectivity index (χ1n) is 13.2. The van der Waals surface area contributed by atoms with Crippen molar-refractivity contribution < 1.29 is 31.8 Å². The van der Waals surface area contributed by atoms with Crippen molar-refractivity contribution in [2.45, 2.75) is 58.0 Å².